The summed E-state index contributed by atoms with van der Waals surface area (Å²) < 4.78 is 20.2. The van der Waals surface area contributed by atoms with E-state index in [1.165, 1.54) is 77.0 Å². The minimum Gasteiger partial charge on any atom is -0.379 e. The molecule has 0 unspecified atom stereocenters. The van der Waals surface area contributed by atoms with E-state index < -0.39 is 20.5 Å². The van der Waals surface area contributed by atoms with Crippen molar-refractivity contribution in [1.82, 2.24) is 0 Å². The molecule has 3 N–H and O–H groups in total. The molecule has 0 amide bonds. The van der Waals surface area contributed by atoms with Crippen molar-refractivity contribution in [3.63, 3.8) is 0 Å². The van der Waals surface area contributed by atoms with Gasteiger partial charge >= 0.3 is 7.82 Å². The lowest BCUT2D eigenvalue weighted by Gasteiger charge is -2.14. The molecule has 0 bridgehead atoms. The van der Waals surface area contributed by atoms with E-state index >= 15 is 0 Å². The van der Waals surface area contributed by atoms with Crippen LogP contribution < -0.4 is 0 Å². The monoisotopic (exact) mass is 412 g/mol. The van der Waals surface area contributed by atoms with E-state index in [4.69, 9.17) is 19.8 Å². The van der Waals surface area contributed by atoms with Crippen molar-refractivity contribution in [3.05, 3.63) is 0 Å². The number of hydrogen-bond donors (Lipinski definition) is 3. The maximum atomic E-state index is 10.6. The average molecular weight is 413 g/mol. The fourth-order valence-electron chi connectivity index (χ4n) is 2.90. The summed E-state index contributed by atoms with van der Waals surface area (Å²) in [6.07, 6.45) is 17.2. The Morgan fingerprint density at radius 1 is 0.741 bits per heavy atom. The summed E-state index contributed by atoms with van der Waals surface area (Å²) in [6.45, 7) is 2.41. The summed E-state index contributed by atoms with van der Waals surface area (Å²) in [5.74, 6) is 0. The van der Waals surface area contributed by atoms with Crippen molar-refractivity contribution in [3.8, 4) is 0 Å². The molecule has 0 rings (SSSR count). The van der Waals surface area contributed by atoms with Gasteiger partial charge in [-0.15, -0.1) is 0 Å². The van der Waals surface area contributed by atoms with Gasteiger partial charge in [-0.05, 0) is 6.42 Å². The Morgan fingerprint density at radius 3 is 1.59 bits per heavy atom. The van der Waals surface area contributed by atoms with Gasteiger partial charge in [0.2, 0.25) is 0 Å². The SMILES string of the molecule is CCCCCCCCCCCCCCCCOC[C@H](COP(=O)(O)O)OO. The van der Waals surface area contributed by atoms with Crippen LogP contribution >= 0.6 is 7.82 Å². The molecule has 0 aliphatic heterocycles. The maximum absolute atomic E-state index is 10.6. The predicted octanol–water partition coefficient (Wildman–Crippen LogP) is 5.45. The summed E-state index contributed by atoms with van der Waals surface area (Å²) in [7, 11) is -4.56. The lowest BCUT2D eigenvalue weighted by atomic mass is 10.0. The number of hydrogen-bond acceptors (Lipinski definition) is 5. The van der Waals surface area contributed by atoms with E-state index in [1.807, 2.05) is 0 Å². The fourth-order valence-corrected chi connectivity index (χ4v) is 3.26. The summed E-state index contributed by atoms with van der Waals surface area (Å²) >= 11 is 0. The van der Waals surface area contributed by atoms with Crippen molar-refractivity contribution in [2.24, 2.45) is 0 Å². The summed E-state index contributed by atoms with van der Waals surface area (Å²) in [4.78, 5) is 21.2. The van der Waals surface area contributed by atoms with Crippen LogP contribution in [-0.4, -0.2) is 41.0 Å². The lowest BCUT2D eigenvalue weighted by molar-refractivity contribution is -0.292. The van der Waals surface area contributed by atoms with Crippen LogP contribution in [0, 0.1) is 0 Å². The van der Waals surface area contributed by atoms with E-state index in [-0.39, 0.29) is 6.61 Å². The Morgan fingerprint density at radius 2 is 1.19 bits per heavy atom. The van der Waals surface area contributed by atoms with E-state index in [1.54, 1.807) is 0 Å². The summed E-state index contributed by atoms with van der Waals surface area (Å²) in [5, 5.41) is 8.64. The molecule has 7 nitrogen and oxygen atoms in total. The minimum atomic E-state index is -4.56. The third-order valence-corrected chi connectivity index (χ3v) is 5.01. The Balaban J connectivity index is 3.25. The molecule has 0 aliphatic carbocycles. The number of rotatable bonds is 21. The standard InChI is InChI=1S/C19H41O7P/c1-2-3-4-5-6-7-8-9-10-11-12-13-14-15-16-24-17-19(26-20)18-25-27(21,22)23/h19-20H,2-18H2,1H3,(H2,21,22,23)/t19-/m1/s1. The van der Waals surface area contributed by atoms with Gasteiger partial charge in [0.15, 0.2) is 0 Å². The molecule has 27 heavy (non-hydrogen) atoms. The van der Waals surface area contributed by atoms with Crippen molar-refractivity contribution >= 4 is 7.82 Å². The topological polar surface area (TPSA) is 105 Å². The highest BCUT2D eigenvalue weighted by molar-refractivity contribution is 7.46. The van der Waals surface area contributed by atoms with Crippen LogP contribution in [-0.2, 0) is 18.7 Å². The third kappa shape index (κ3) is 22.1. The number of unbranched alkanes of at least 4 members (excludes halogenated alkanes) is 13. The predicted molar refractivity (Wildman–Crippen MR) is 107 cm³/mol. The highest BCUT2D eigenvalue weighted by Crippen LogP contribution is 2.35. The third-order valence-electron chi connectivity index (χ3n) is 4.52. The van der Waals surface area contributed by atoms with Gasteiger partial charge < -0.3 is 14.5 Å². The molecule has 0 saturated carbocycles. The number of phosphoric ester groups is 1. The zero-order valence-electron chi connectivity index (χ0n) is 17.0. The highest BCUT2D eigenvalue weighted by Gasteiger charge is 2.19. The van der Waals surface area contributed by atoms with Crippen LogP contribution in [0.15, 0.2) is 0 Å². The molecular formula is C19H41O7P. The molecule has 164 valence electrons. The first-order valence-electron chi connectivity index (χ1n) is 10.6. The lowest BCUT2D eigenvalue weighted by Crippen LogP contribution is -2.24. The van der Waals surface area contributed by atoms with Gasteiger partial charge in [-0.2, -0.15) is 0 Å². The first-order chi connectivity index (χ1) is 13.0. The van der Waals surface area contributed by atoms with Crippen molar-refractivity contribution in [2.75, 3.05) is 19.8 Å². The zero-order chi connectivity index (χ0) is 20.2. The molecule has 0 aliphatic rings. The van der Waals surface area contributed by atoms with Crippen LogP contribution in [0.25, 0.3) is 0 Å². The fraction of sp³-hybridized carbons (Fsp3) is 1.00. The van der Waals surface area contributed by atoms with Gasteiger partial charge in [-0.25, -0.2) is 9.45 Å². The number of phosphoric acid groups is 1. The van der Waals surface area contributed by atoms with Gasteiger partial charge in [-0.1, -0.05) is 90.4 Å². The molecule has 0 aromatic rings. The molecule has 0 fully saturated rings. The van der Waals surface area contributed by atoms with Gasteiger partial charge in [-0.3, -0.25) is 9.78 Å². The molecular weight excluding hydrogens is 371 g/mol. The van der Waals surface area contributed by atoms with Crippen molar-refractivity contribution in [2.45, 2.75) is 103 Å². The Bertz CT molecular complexity index is 349. The molecule has 0 saturated heterocycles. The Hall–Kier alpha value is -0.0100. The van der Waals surface area contributed by atoms with Gasteiger partial charge in [0.25, 0.3) is 0 Å². The molecule has 0 aromatic heterocycles. The maximum Gasteiger partial charge on any atom is 0.469 e. The quantitative estimate of drug-likeness (QED) is 0.0996. The van der Waals surface area contributed by atoms with Gasteiger partial charge in [0.1, 0.15) is 6.10 Å². The normalized spacial score (nSPS) is 13.2. The molecule has 0 aromatic carbocycles. The van der Waals surface area contributed by atoms with E-state index in [2.05, 4.69) is 16.3 Å². The van der Waals surface area contributed by atoms with E-state index in [9.17, 15) is 4.57 Å². The van der Waals surface area contributed by atoms with Crippen LogP contribution in [0.2, 0.25) is 0 Å². The summed E-state index contributed by atoms with van der Waals surface area (Å²) in [6, 6.07) is 0. The second kappa shape index (κ2) is 19.3. The van der Waals surface area contributed by atoms with Gasteiger partial charge in [0, 0.05) is 6.61 Å². The molecule has 8 heteroatoms. The van der Waals surface area contributed by atoms with E-state index in [0.717, 1.165) is 12.8 Å². The highest BCUT2D eigenvalue weighted by atomic mass is 31.2. The summed E-state index contributed by atoms with van der Waals surface area (Å²) in [5.41, 5.74) is 0. The number of ether oxygens (including phenoxy) is 1. The average Bonchev–Trinajstić information content (AvgIpc) is 2.63. The molecule has 0 radical (unpaired) electrons. The van der Waals surface area contributed by atoms with Crippen LogP contribution in [0.5, 0.6) is 0 Å². The largest absolute Gasteiger partial charge is 0.469 e. The first-order valence-corrected chi connectivity index (χ1v) is 12.1. The van der Waals surface area contributed by atoms with Crippen LogP contribution in [0.1, 0.15) is 96.8 Å². The van der Waals surface area contributed by atoms with Crippen molar-refractivity contribution < 1.29 is 33.8 Å². The van der Waals surface area contributed by atoms with Crippen molar-refractivity contribution in [1.29, 1.82) is 0 Å². The first kappa shape index (κ1) is 27.0. The molecule has 1 atom stereocenters. The Labute approximate surface area is 165 Å². The Kier molecular flexibility index (Phi) is 19.3. The van der Waals surface area contributed by atoms with E-state index in [0.29, 0.717) is 6.61 Å². The molecule has 0 spiro atoms. The zero-order valence-corrected chi connectivity index (χ0v) is 17.9. The van der Waals surface area contributed by atoms with Gasteiger partial charge in [0.05, 0.1) is 13.2 Å². The second-order valence-electron chi connectivity index (χ2n) is 7.18. The smallest absolute Gasteiger partial charge is 0.379 e. The second-order valence-corrected chi connectivity index (χ2v) is 8.42. The molecule has 0 heterocycles. The van der Waals surface area contributed by atoms with Crippen LogP contribution in [0.4, 0.5) is 0 Å². The van der Waals surface area contributed by atoms with Crippen LogP contribution in [0.3, 0.4) is 0 Å². The minimum absolute atomic E-state index is 0.0367.